The third kappa shape index (κ3) is 8.99. The predicted molar refractivity (Wildman–Crippen MR) is 90.3 cm³/mol. The van der Waals surface area contributed by atoms with Crippen LogP contribution in [0.5, 0.6) is 0 Å². The molecule has 1 fully saturated rings. The number of halogens is 1. The van der Waals surface area contributed by atoms with Crippen LogP contribution in [0.15, 0.2) is 0 Å². The van der Waals surface area contributed by atoms with E-state index in [0.29, 0.717) is 10.7 Å². The lowest BCUT2D eigenvalue weighted by molar-refractivity contribution is -0.121. The molecule has 0 aromatic heterocycles. The zero-order valence-corrected chi connectivity index (χ0v) is 14.7. The van der Waals surface area contributed by atoms with Crippen molar-refractivity contribution in [2.45, 2.75) is 88.8 Å². The molecule has 1 aliphatic carbocycles. The van der Waals surface area contributed by atoms with Crippen LogP contribution in [0.2, 0.25) is 0 Å². The highest BCUT2D eigenvalue weighted by atomic mass is 79.9. The van der Waals surface area contributed by atoms with Crippen LogP contribution in [0.25, 0.3) is 0 Å². The van der Waals surface area contributed by atoms with Gasteiger partial charge in [-0.15, -0.1) is 0 Å². The van der Waals surface area contributed by atoms with Crippen molar-refractivity contribution in [3.63, 3.8) is 0 Å². The Bertz CT molecular complexity index is 257. The number of hydrogen-bond acceptors (Lipinski definition) is 1. The molecular formula is C17H32BrNO. The number of alkyl halides is 1. The van der Waals surface area contributed by atoms with E-state index in [2.05, 4.69) is 28.2 Å². The van der Waals surface area contributed by atoms with E-state index in [1.807, 2.05) is 0 Å². The first-order valence-corrected chi connectivity index (χ1v) is 9.54. The first-order chi connectivity index (χ1) is 9.72. The maximum atomic E-state index is 11.8. The second-order valence-corrected chi connectivity index (χ2v) is 7.60. The topological polar surface area (TPSA) is 29.1 Å². The number of amides is 1. The van der Waals surface area contributed by atoms with E-state index in [0.717, 1.165) is 19.4 Å². The summed E-state index contributed by atoms with van der Waals surface area (Å²) in [6, 6.07) is 0. The Morgan fingerprint density at radius 2 is 1.80 bits per heavy atom. The summed E-state index contributed by atoms with van der Waals surface area (Å²) in [5.74, 6) is 0.946. The van der Waals surface area contributed by atoms with Gasteiger partial charge in [-0.25, -0.2) is 0 Å². The van der Waals surface area contributed by atoms with E-state index < -0.39 is 0 Å². The highest BCUT2D eigenvalue weighted by Crippen LogP contribution is 2.28. The van der Waals surface area contributed by atoms with Crippen LogP contribution in [-0.2, 0) is 4.79 Å². The van der Waals surface area contributed by atoms with E-state index >= 15 is 0 Å². The first kappa shape index (κ1) is 18.0. The first-order valence-electron chi connectivity index (χ1n) is 8.63. The zero-order valence-electron chi connectivity index (χ0n) is 13.1. The molecule has 2 unspecified atom stereocenters. The van der Waals surface area contributed by atoms with Gasteiger partial charge in [0.05, 0.1) is 0 Å². The van der Waals surface area contributed by atoms with Gasteiger partial charge in [0.2, 0.25) is 5.91 Å². The highest BCUT2D eigenvalue weighted by molar-refractivity contribution is 9.09. The Morgan fingerprint density at radius 1 is 1.10 bits per heavy atom. The van der Waals surface area contributed by atoms with Crippen molar-refractivity contribution in [3.05, 3.63) is 0 Å². The lowest BCUT2D eigenvalue weighted by Gasteiger charge is -2.25. The number of carbonyl (C=O) groups excluding carboxylic acids is 1. The van der Waals surface area contributed by atoms with Crippen LogP contribution in [0.4, 0.5) is 0 Å². The average Bonchev–Trinajstić information content (AvgIpc) is 2.44. The van der Waals surface area contributed by atoms with Crippen LogP contribution >= 0.6 is 15.9 Å². The van der Waals surface area contributed by atoms with Crippen LogP contribution in [-0.4, -0.2) is 17.3 Å². The Kier molecular flexibility index (Phi) is 10.4. The molecule has 3 heteroatoms. The molecule has 1 rings (SSSR count). The van der Waals surface area contributed by atoms with Crippen molar-refractivity contribution >= 4 is 21.8 Å². The summed E-state index contributed by atoms with van der Waals surface area (Å²) >= 11 is 3.70. The molecule has 0 radical (unpaired) electrons. The van der Waals surface area contributed by atoms with E-state index in [-0.39, 0.29) is 5.91 Å². The number of carbonyl (C=O) groups is 1. The minimum atomic E-state index is 0.259. The third-order valence-electron chi connectivity index (χ3n) is 4.31. The number of unbranched alkanes of at least 4 members (excludes halogenated alkanes) is 6. The predicted octanol–water partition coefficient (Wildman–Crippen LogP) is 5.20. The van der Waals surface area contributed by atoms with Crippen molar-refractivity contribution in [3.8, 4) is 0 Å². The number of rotatable bonds is 10. The van der Waals surface area contributed by atoms with Gasteiger partial charge in [0.15, 0.2) is 0 Å². The molecule has 2 nitrogen and oxygen atoms in total. The fourth-order valence-electron chi connectivity index (χ4n) is 3.00. The second kappa shape index (κ2) is 11.6. The van der Waals surface area contributed by atoms with E-state index in [1.54, 1.807) is 0 Å². The van der Waals surface area contributed by atoms with Crippen molar-refractivity contribution in [2.24, 2.45) is 5.92 Å². The molecule has 1 N–H and O–H groups in total. The Hall–Kier alpha value is -0.0500. The highest BCUT2D eigenvalue weighted by Gasteiger charge is 2.20. The van der Waals surface area contributed by atoms with E-state index in [9.17, 15) is 4.79 Å². The summed E-state index contributed by atoms with van der Waals surface area (Å²) in [6.45, 7) is 3.13. The monoisotopic (exact) mass is 345 g/mol. The number of hydrogen-bond donors (Lipinski definition) is 1. The van der Waals surface area contributed by atoms with Gasteiger partial charge in [-0.3, -0.25) is 4.79 Å². The van der Waals surface area contributed by atoms with Crippen LogP contribution in [0.3, 0.4) is 0 Å². The maximum absolute atomic E-state index is 11.8. The Balaban J connectivity index is 1.92. The van der Waals surface area contributed by atoms with Gasteiger partial charge < -0.3 is 5.32 Å². The lowest BCUT2D eigenvalue weighted by atomic mass is 9.89. The maximum Gasteiger partial charge on any atom is 0.220 e. The van der Waals surface area contributed by atoms with Gasteiger partial charge in [0, 0.05) is 17.8 Å². The SMILES string of the molecule is CCCCCCCCCC(=O)NCC1CCCC(Br)C1. The Morgan fingerprint density at radius 3 is 2.50 bits per heavy atom. The molecule has 0 aromatic carbocycles. The fraction of sp³-hybridized carbons (Fsp3) is 0.941. The molecule has 1 amide bonds. The quantitative estimate of drug-likeness (QED) is 0.428. The van der Waals surface area contributed by atoms with Gasteiger partial charge in [-0.1, -0.05) is 67.8 Å². The van der Waals surface area contributed by atoms with Crippen molar-refractivity contribution in [1.29, 1.82) is 0 Å². The van der Waals surface area contributed by atoms with Crippen molar-refractivity contribution < 1.29 is 4.79 Å². The lowest BCUT2D eigenvalue weighted by Crippen LogP contribution is -2.31. The summed E-state index contributed by atoms with van der Waals surface area (Å²) in [5.41, 5.74) is 0. The van der Waals surface area contributed by atoms with Gasteiger partial charge in [-0.2, -0.15) is 0 Å². The fourth-order valence-corrected chi connectivity index (χ4v) is 3.85. The number of nitrogens with one attached hydrogen (secondary N) is 1. The van der Waals surface area contributed by atoms with Crippen LogP contribution < -0.4 is 5.32 Å². The molecule has 2 atom stereocenters. The summed E-state index contributed by atoms with van der Waals surface area (Å²) in [5, 5.41) is 3.12. The molecule has 0 heterocycles. The van der Waals surface area contributed by atoms with Gasteiger partial charge in [-0.05, 0) is 31.6 Å². The summed E-state index contributed by atoms with van der Waals surface area (Å²) in [7, 11) is 0. The Labute approximate surface area is 133 Å². The normalized spacial score (nSPS) is 22.7. The second-order valence-electron chi connectivity index (χ2n) is 6.31. The standard InChI is InChI=1S/C17H32BrNO/c1-2-3-4-5-6-7-8-12-17(20)19-14-15-10-9-11-16(18)13-15/h15-16H,2-14H2,1H3,(H,19,20). The van der Waals surface area contributed by atoms with Gasteiger partial charge >= 0.3 is 0 Å². The molecular weight excluding hydrogens is 314 g/mol. The van der Waals surface area contributed by atoms with Crippen LogP contribution in [0.1, 0.15) is 84.0 Å². The van der Waals surface area contributed by atoms with Crippen molar-refractivity contribution in [1.82, 2.24) is 5.32 Å². The smallest absolute Gasteiger partial charge is 0.220 e. The minimum Gasteiger partial charge on any atom is -0.356 e. The molecule has 1 aliphatic rings. The van der Waals surface area contributed by atoms with Gasteiger partial charge in [0.1, 0.15) is 0 Å². The molecule has 0 bridgehead atoms. The third-order valence-corrected chi connectivity index (χ3v) is 5.15. The molecule has 0 saturated heterocycles. The molecule has 20 heavy (non-hydrogen) atoms. The summed E-state index contributed by atoms with van der Waals surface area (Å²) in [6.07, 6.45) is 14.7. The summed E-state index contributed by atoms with van der Waals surface area (Å²) < 4.78 is 0. The molecule has 0 spiro atoms. The largest absolute Gasteiger partial charge is 0.356 e. The average molecular weight is 346 g/mol. The molecule has 118 valence electrons. The molecule has 0 aromatic rings. The van der Waals surface area contributed by atoms with Crippen LogP contribution in [0, 0.1) is 5.92 Å². The van der Waals surface area contributed by atoms with Gasteiger partial charge in [0.25, 0.3) is 0 Å². The molecule has 0 aliphatic heterocycles. The summed E-state index contributed by atoms with van der Waals surface area (Å²) in [4.78, 5) is 12.4. The molecule has 1 saturated carbocycles. The van der Waals surface area contributed by atoms with E-state index in [1.165, 1.54) is 64.2 Å². The van der Waals surface area contributed by atoms with E-state index in [4.69, 9.17) is 0 Å². The van der Waals surface area contributed by atoms with Crippen molar-refractivity contribution in [2.75, 3.05) is 6.54 Å². The zero-order chi connectivity index (χ0) is 14.6. The minimum absolute atomic E-state index is 0.259.